The van der Waals surface area contributed by atoms with Gasteiger partial charge in [-0.1, -0.05) is 67.6 Å². The molecule has 2 N–H and O–H groups in total. The minimum absolute atomic E-state index is 0.210. The second kappa shape index (κ2) is 12.2. The number of hydrogen-bond donors (Lipinski definition) is 2. The molecule has 0 radical (unpaired) electrons. The number of carboxylic acids is 1. The fourth-order valence-electron chi connectivity index (χ4n) is 4.57. The summed E-state index contributed by atoms with van der Waals surface area (Å²) in [6.07, 6.45) is 1.96. The first-order valence-electron chi connectivity index (χ1n) is 13.0. The van der Waals surface area contributed by atoms with Gasteiger partial charge >= 0.3 is 5.97 Å². The molecule has 1 aliphatic rings. The molecule has 1 aromatic heterocycles. The largest absolute Gasteiger partial charge is 0.493 e. The predicted molar refractivity (Wildman–Crippen MR) is 150 cm³/mol. The Morgan fingerprint density at radius 2 is 1.92 bits per heavy atom. The van der Waals surface area contributed by atoms with Crippen molar-refractivity contribution in [2.75, 3.05) is 6.61 Å². The van der Waals surface area contributed by atoms with Crippen molar-refractivity contribution in [1.82, 2.24) is 10.3 Å². The minimum atomic E-state index is -0.772. The van der Waals surface area contributed by atoms with E-state index in [-0.39, 0.29) is 6.04 Å². The van der Waals surface area contributed by atoms with Crippen LogP contribution in [0.4, 0.5) is 0 Å². The molecular formula is C31H32N2O4S. The molecule has 0 bridgehead atoms. The van der Waals surface area contributed by atoms with Crippen molar-refractivity contribution in [2.24, 2.45) is 5.92 Å². The first-order chi connectivity index (χ1) is 18.6. The van der Waals surface area contributed by atoms with E-state index < -0.39 is 11.9 Å². The van der Waals surface area contributed by atoms with E-state index in [0.29, 0.717) is 37.6 Å². The van der Waals surface area contributed by atoms with Crippen molar-refractivity contribution in [1.29, 1.82) is 0 Å². The number of thiazole rings is 1. The van der Waals surface area contributed by atoms with Crippen molar-refractivity contribution < 1.29 is 19.4 Å². The number of carbonyl (C=O) groups is 1. The number of carboxylic acid groups (broad SMARTS) is 1. The molecule has 4 aromatic rings. The fourth-order valence-corrected chi connectivity index (χ4v) is 5.56. The molecule has 5 rings (SSSR count). The third-order valence-electron chi connectivity index (χ3n) is 6.86. The molecule has 1 aliphatic heterocycles. The lowest BCUT2D eigenvalue weighted by atomic mass is 9.97. The number of rotatable bonds is 10. The first kappa shape index (κ1) is 25.9. The van der Waals surface area contributed by atoms with Gasteiger partial charge in [-0.2, -0.15) is 0 Å². The second-order valence-corrected chi connectivity index (χ2v) is 10.4. The number of aromatic nitrogens is 1. The summed E-state index contributed by atoms with van der Waals surface area (Å²) in [4.78, 5) is 16.3. The standard InChI is InChI=1S/C31H32N2O4S/c1-2-27(30-33-28(20-38-30)23-6-4-3-5-7-23)32-18-21-8-10-22(11-9-21)19-37-26-13-12-24-16-25(31(34)35)14-15-36-29(24)17-26/h3-13,17,20,25,27,32H,2,14-16,18-19H2,1H3,(H,34,35). The van der Waals surface area contributed by atoms with Gasteiger partial charge in [0.05, 0.1) is 24.3 Å². The first-order valence-corrected chi connectivity index (χ1v) is 13.9. The van der Waals surface area contributed by atoms with Gasteiger partial charge in [0.25, 0.3) is 0 Å². The third-order valence-corrected chi connectivity index (χ3v) is 7.82. The Labute approximate surface area is 227 Å². The van der Waals surface area contributed by atoms with E-state index in [2.05, 4.69) is 54.0 Å². The van der Waals surface area contributed by atoms with Gasteiger partial charge < -0.3 is 19.9 Å². The number of fused-ring (bicyclic) bond motifs is 1. The summed E-state index contributed by atoms with van der Waals surface area (Å²) in [6.45, 7) is 3.79. The molecule has 6 nitrogen and oxygen atoms in total. The molecule has 7 heteroatoms. The van der Waals surface area contributed by atoms with Gasteiger partial charge in [0.2, 0.25) is 0 Å². The number of benzene rings is 3. The summed E-state index contributed by atoms with van der Waals surface area (Å²) in [5, 5.41) is 16.2. The smallest absolute Gasteiger partial charge is 0.306 e. The zero-order valence-electron chi connectivity index (χ0n) is 21.4. The normalized spacial score (nSPS) is 15.7. The van der Waals surface area contributed by atoms with E-state index >= 15 is 0 Å². The highest BCUT2D eigenvalue weighted by Crippen LogP contribution is 2.31. The second-order valence-electron chi connectivity index (χ2n) is 9.53. The topological polar surface area (TPSA) is 80.7 Å². The van der Waals surface area contributed by atoms with Gasteiger partial charge in [0.15, 0.2) is 0 Å². The molecule has 0 amide bonds. The highest BCUT2D eigenvalue weighted by molar-refractivity contribution is 7.10. The van der Waals surface area contributed by atoms with E-state index in [0.717, 1.165) is 40.4 Å². The zero-order valence-corrected chi connectivity index (χ0v) is 22.2. The highest BCUT2D eigenvalue weighted by atomic mass is 32.1. The summed E-state index contributed by atoms with van der Waals surface area (Å²) in [7, 11) is 0. The number of ether oxygens (including phenoxy) is 2. The van der Waals surface area contributed by atoms with Gasteiger partial charge in [0.1, 0.15) is 23.1 Å². The lowest BCUT2D eigenvalue weighted by Crippen LogP contribution is -2.20. The summed E-state index contributed by atoms with van der Waals surface area (Å²) in [5.74, 6) is 0.254. The van der Waals surface area contributed by atoms with Crippen molar-refractivity contribution in [3.05, 3.63) is 99.9 Å². The molecule has 0 saturated carbocycles. The van der Waals surface area contributed by atoms with E-state index in [1.165, 1.54) is 5.56 Å². The summed E-state index contributed by atoms with van der Waals surface area (Å²) in [6, 6.07) is 24.6. The number of aliphatic carboxylic acids is 1. The minimum Gasteiger partial charge on any atom is -0.493 e. The molecule has 0 spiro atoms. The summed E-state index contributed by atoms with van der Waals surface area (Å²) >= 11 is 1.70. The number of nitrogens with zero attached hydrogens (tertiary/aromatic N) is 1. The molecular weight excluding hydrogens is 496 g/mol. The van der Waals surface area contributed by atoms with Crippen LogP contribution in [0.25, 0.3) is 11.3 Å². The Hall–Kier alpha value is -3.68. The summed E-state index contributed by atoms with van der Waals surface area (Å²) < 4.78 is 11.8. The van der Waals surface area contributed by atoms with Crippen LogP contribution in [-0.4, -0.2) is 22.7 Å². The van der Waals surface area contributed by atoms with Crippen LogP contribution in [-0.2, 0) is 24.4 Å². The highest BCUT2D eigenvalue weighted by Gasteiger charge is 2.23. The van der Waals surface area contributed by atoms with Crippen LogP contribution in [0.15, 0.2) is 78.2 Å². The monoisotopic (exact) mass is 528 g/mol. The maximum Gasteiger partial charge on any atom is 0.306 e. The SMILES string of the molecule is CCC(NCc1ccc(COc2ccc3c(c2)OCCC(C(=O)O)C3)cc1)c1nc(-c2ccccc2)cs1. The molecule has 0 fully saturated rings. The van der Waals surface area contributed by atoms with Gasteiger partial charge in [-0.25, -0.2) is 4.98 Å². The van der Waals surface area contributed by atoms with Gasteiger partial charge in [-0.05, 0) is 42.0 Å². The zero-order chi connectivity index (χ0) is 26.3. The molecule has 0 aliphatic carbocycles. The quantitative estimate of drug-likeness (QED) is 0.240. The van der Waals surface area contributed by atoms with Crippen molar-refractivity contribution in [2.45, 2.75) is 45.4 Å². The lowest BCUT2D eigenvalue weighted by Gasteiger charge is -2.15. The summed E-state index contributed by atoms with van der Waals surface area (Å²) in [5.41, 5.74) is 5.38. The Balaban J connectivity index is 1.14. The third kappa shape index (κ3) is 6.41. The number of hydrogen-bond acceptors (Lipinski definition) is 6. The van der Waals surface area contributed by atoms with Crippen molar-refractivity contribution in [3.63, 3.8) is 0 Å². The predicted octanol–water partition coefficient (Wildman–Crippen LogP) is 6.66. The molecule has 3 aromatic carbocycles. The van der Waals surface area contributed by atoms with Gasteiger partial charge in [0, 0.05) is 23.6 Å². The Morgan fingerprint density at radius 1 is 1.13 bits per heavy atom. The number of nitrogens with one attached hydrogen (secondary N) is 1. The van der Waals surface area contributed by atoms with Crippen LogP contribution >= 0.6 is 11.3 Å². The van der Waals surface area contributed by atoms with Crippen LogP contribution in [0, 0.1) is 5.92 Å². The molecule has 196 valence electrons. The molecule has 2 atom stereocenters. The van der Waals surface area contributed by atoms with Crippen LogP contribution in [0.1, 0.15) is 47.5 Å². The van der Waals surface area contributed by atoms with Crippen LogP contribution in [0.3, 0.4) is 0 Å². The average molecular weight is 529 g/mol. The van der Waals surface area contributed by atoms with Gasteiger partial charge in [-0.3, -0.25) is 4.79 Å². The van der Waals surface area contributed by atoms with E-state index in [9.17, 15) is 9.90 Å². The molecule has 2 heterocycles. The molecule has 38 heavy (non-hydrogen) atoms. The van der Waals surface area contributed by atoms with E-state index in [4.69, 9.17) is 14.5 Å². The van der Waals surface area contributed by atoms with E-state index in [1.54, 1.807) is 11.3 Å². The van der Waals surface area contributed by atoms with Crippen LogP contribution < -0.4 is 14.8 Å². The average Bonchev–Trinajstić information content (AvgIpc) is 3.33. The van der Waals surface area contributed by atoms with Crippen LogP contribution in [0.5, 0.6) is 11.5 Å². The molecule has 0 saturated heterocycles. The maximum absolute atomic E-state index is 11.4. The van der Waals surface area contributed by atoms with Crippen molar-refractivity contribution >= 4 is 17.3 Å². The maximum atomic E-state index is 11.4. The lowest BCUT2D eigenvalue weighted by molar-refractivity contribution is -0.142. The Bertz CT molecular complexity index is 1350. The van der Waals surface area contributed by atoms with Crippen LogP contribution in [0.2, 0.25) is 0 Å². The Kier molecular flexibility index (Phi) is 8.36. The Morgan fingerprint density at radius 3 is 2.68 bits per heavy atom. The van der Waals surface area contributed by atoms with Gasteiger partial charge in [-0.15, -0.1) is 11.3 Å². The van der Waals surface area contributed by atoms with E-state index in [1.807, 2.05) is 36.4 Å². The molecule has 2 unspecified atom stereocenters. The van der Waals surface area contributed by atoms with Crippen molar-refractivity contribution in [3.8, 4) is 22.8 Å². The fraction of sp³-hybridized carbons (Fsp3) is 0.290.